The van der Waals surface area contributed by atoms with Gasteiger partial charge >= 0.3 is 0 Å². The molecule has 0 aliphatic heterocycles. The summed E-state index contributed by atoms with van der Waals surface area (Å²) in [5.41, 5.74) is 2.52. The first-order valence-corrected chi connectivity index (χ1v) is 10.9. The Labute approximate surface area is 172 Å². The number of benzene rings is 2. The van der Waals surface area contributed by atoms with E-state index in [0.29, 0.717) is 26.8 Å². The summed E-state index contributed by atoms with van der Waals surface area (Å²) in [4.78, 5) is 17.3. The van der Waals surface area contributed by atoms with E-state index < -0.39 is 10.0 Å². The van der Waals surface area contributed by atoms with Gasteiger partial charge in [-0.3, -0.25) is 9.89 Å². The van der Waals surface area contributed by atoms with Crippen molar-refractivity contribution in [3.63, 3.8) is 0 Å². The molecule has 2 aromatic carbocycles. The van der Waals surface area contributed by atoms with Crippen molar-refractivity contribution in [3.8, 4) is 0 Å². The number of hydrogen-bond acceptors (Lipinski definition) is 6. The highest BCUT2D eigenvalue weighted by Gasteiger charge is 2.27. The fraction of sp³-hybridized carbons (Fsp3) is 0.100. The Morgan fingerprint density at radius 1 is 1.07 bits per heavy atom. The highest BCUT2D eigenvalue weighted by Crippen LogP contribution is 2.32. The van der Waals surface area contributed by atoms with E-state index in [1.165, 1.54) is 12.4 Å². The second-order valence-electron chi connectivity index (χ2n) is 6.50. The lowest BCUT2D eigenvalue weighted by molar-refractivity contribution is 0.104. The molecule has 0 radical (unpaired) electrons. The number of Topliss-reactive ketones (excluding diaryl/α,β-unsaturated/α-hetero) is 1. The molecule has 1 aliphatic carbocycles. The zero-order valence-electron chi connectivity index (χ0n) is 15.6. The van der Waals surface area contributed by atoms with Crippen molar-refractivity contribution in [1.29, 1.82) is 0 Å². The second kappa shape index (κ2) is 7.41. The molecule has 3 aromatic rings. The van der Waals surface area contributed by atoms with E-state index in [-0.39, 0.29) is 16.4 Å². The summed E-state index contributed by atoms with van der Waals surface area (Å²) < 4.78 is 30.2. The average Bonchev–Trinajstić information content (AvgIpc) is 3.20. The Hall–Kier alpha value is -3.04. The van der Waals surface area contributed by atoms with Crippen LogP contribution in [-0.2, 0) is 10.0 Å². The molecule has 1 heterocycles. The van der Waals surface area contributed by atoms with Crippen LogP contribution in [0.4, 0.5) is 0 Å². The largest absolute Gasteiger partial charge is 0.288 e. The lowest BCUT2D eigenvalue weighted by Gasteiger charge is -2.16. The van der Waals surface area contributed by atoms with Gasteiger partial charge in [-0.2, -0.15) is 17.9 Å². The van der Waals surface area contributed by atoms with E-state index >= 15 is 0 Å². The number of nitrogens with one attached hydrogen (secondary N) is 1. The van der Waals surface area contributed by atoms with Crippen molar-refractivity contribution in [3.05, 3.63) is 82.0 Å². The van der Waals surface area contributed by atoms with Gasteiger partial charge in [0.15, 0.2) is 5.16 Å². The molecule has 1 aromatic heterocycles. The average molecular weight is 425 g/mol. The maximum absolute atomic E-state index is 13.1. The molecule has 0 atom stereocenters. The number of aryl methyl sites for hydroxylation is 2. The number of carbonyl (C=O) groups is 1. The Bertz CT molecular complexity index is 1280. The molecular weight excluding hydrogens is 408 g/mol. The maximum atomic E-state index is 13.1. The summed E-state index contributed by atoms with van der Waals surface area (Å²) >= 11 is 1.08. The summed E-state index contributed by atoms with van der Waals surface area (Å²) in [6, 6.07) is 12.0. The summed E-state index contributed by atoms with van der Waals surface area (Å²) in [7, 11) is -3.97. The zero-order chi connectivity index (χ0) is 20.6. The van der Waals surface area contributed by atoms with Gasteiger partial charge in [0.2, 0.25) is 5.78 Å². The number of hydrogen-bond donors (Lipinski definition) is 1. The topological polar surface area (TPSA) is 105 Å². The minimum Gasteiger partial charge on any atom is -0.288 e. The number of nitrogens with zero attached hydrogens (tertiary/aromatic N) is 3. The van der Waals surface area contributed by atoms with Crippen LogP contribution in [0.25, 0.3) is 0 Å². The normalized spacial score (nSPS) is 15.3. The van der Waals surface area contributed by atoms with Gasteiger partial charge in [-0.25, -0.2) is 4.98 Å². The first-order valence-electron chi connectivity index (χ1n) is 8.66. The Morgan fingerprint density at radius 2 is 1.83 bits per heavy atom. The number of carbonyl (C=O) groups excluding carboxylic acids is 1. The molecule has 7 nitrogen and oxygen atoms in total. The third kappa shape index (κ3) is 3.79. The Kier molecular flexibility index (Phi) is 4.93. The molecule has 29 heavy (non-hydrogen) atoms. The lowest BCUT2D eigenvalue weighted by atomic mass is 9.94. The third-order valence-corrected chi connectivity index (χ3v) is 6.72. The van der Waals surface area contributed by atoms with Crippen LogP contribution in [0.15, 0.2) is 74.2 Å². The van der Waals surface area contributed by atoms with E-state index in [9.17, 15) is 13.2 Å². The van der Waals surface area contributed by atoms with Crippen LogP contribution in [-0.4, -0.2) is 35.1 Å². The first-order chi connectivity index (χ1) is 13.8. The quantitative estimate of drug-likeness (QED) is 0.687. The number of allylic oxidation sites excluding steroid dienone is 2. The number of sulfonamides is 1. The summed E-state index contributed by atoms with van der Waals surface area (Å²) in [5, 5.41) is 6.88. The van der Waals surface area contributed by atoms with Crippen LogP contribution in [0.1, 0.15) is 27.0 Å². The summed E-state index contributed by atoms with van der Waals surface area (Å²) in [6.07, 6.45) is 2.82. The van der Waals surface area contributed by atoms with E-state index in [0.717, 1.165) is 17.3 Å². The maximum Gasteiger partial charge on any atom is 0.283 e. The minimum absolute atomic E-state index is 0.150. The summed E-state index contributed by atoms with van der Waals surface area (Å²) in [5.74, 6) is -0.218. The predicted octanol–water partition coefficient (Wildman–Crippen LogP) is 3.47. The number of rotatable bonds is 4. The van der Waals surface area contributed by atoms with E-state index in [1.54, 1.807) is 43.3 Å². The van der Waals surface area contributed by atoms with Gasteiger partial charge < -0.3 is 0 Å². The number of aromatic amines is 1. The van der Waals surface area contributed by atoms with Crippen LogP contribution in [0, 0.1) is 13.8 Å². The molecule has 0 amide bonds. The first kappa shape index (κ1) is 19.3. The molecule has 0 bridgehead atoms. The van der Waals surface area contributed by atoms with Crippen molar-refractivity contribution < 1.29 is 13.2 Å². The van der Waals surface area contributed by atoms with Crippen LogP contribution < -0.4 is 0 Å². The van der Waals surface area contributed by atoms with Crippen molar-refractivity contribution >= 4 is 33.3 Å². The van der Waals surface area contributed by atoms with Gasteiger partial charge in [0.25, 0.3) is 10.0 Å². The standard InChI is InChI=1S/C20H16N4O3S2/c1-12-7-8-13(2)18(9-12)29(26,27)24-16-10-17(28-20-21-11-22-23-20)19(25)15-6-4-3-5-14(15)16/h3-11H,1-2H3,(H,21,22,23)/b24-16-. The van der Waals surface area contributed by atoms with E-state index in [1.807, 2.05) is 13.0 Å². The molecule has 4 rings (SSSR count). The monoisotopic (exact) mass is 424 g/mol. The number of H-pyrrole nitrogens is 1. The fourth-order valence-electron chi connectivity index (χ4n) is 2.97. The van der Waals surface area contributed by atoms with Gasteiger partial charge in [-0.05, 0) is 48.9 Å². The van der Waals surface area contributed by atoms with Crippen molar-refractivity contribution in [1.82, 2.24) is 15.2 Å². The van der Waals surface area contributed by atoms with Gasteiger partial charge in [-0.1, -0.05) is 36.4 Å². The molecule has 0 spiro atoms. The molecular formula is C20H16N4O3S2. The van der Waals surface area contributed by atoms with Gasteiger partial charge in [0.05, 0.1) is 15.5 Å². The zero-order valence-corrected chi connectivity index (χ0v) is 17.2. The van der Waals surface area contributed by atoms with Gasteiger partial charge in [-0.15, -0.1) is 0 Å². The lowest BCUT2D eigenvalue weighted by Crippen LogP contribution is -2.17. The molecule has 0 saturated heterocycles. The van der Waals surface area contributed by atoms with E-state index in [4.69, 9.17) is 0 Å². The molecule has 1 aliphatic rings. The Morgan fingerprint density at radius 3 is 2.55 bits per heavy atom. The van der Waals surface area contributed by atoms with Crippen LogP contribution >= 0.6 is 11.8 Å². The van der Waals surface area contributed by atoms with Crippen LogP contribution in [0.5, 0.6) is 0 Å². The smallest absolute Gasteiger partial charge is 0.283 e. The Balaban J connectivity index is 1.86. The van der Waals surface area contributed by atoms with Gasteiger partial charge in [0, 0.05) is 11.1 Å². The minimum atomic E-state index is -3.97. The molecule has 0 unspecified atom stereocenters. The highest BCUT2D eigenvalue weighted by atomic mass is 32.2. The van der Waals surface area contributed by atoms with Crippen LogP contribution in [0.2, 0.25) is 0 Å². The number of ketones is 1. The van der Waals surface area contributed by atoms with Gasteiger partial charge in [0.1, 0.15) is 6.33 Å². The third-order valence-electron chi connectivity index (χ3n) is 4.38. The molecule has 146 valence electrons. The van der Waals surface area contributed by atoms with Crippen molar-refractivity contribution in [2.24, 2.45) is 4.40 Å². The molecule has 1 N–H and O–H groups in total. The number of fused-ring (bicyclic) bond motifs is 1. The molecule has 9 heteroatoms. The number of aromatic nitrogens is 3. The number of thioether (sulfide) groups is 1. The molecule has 0 fully saturated rings. The highest BCUT2D eigenvalue weighted by molar-refractivity contribution is 8.04. The fourth-order valence-corrected chi connectivity index (χ4v) is 5.07. The SMILES string of the molecule is Cc1ccc(C)c(S(=O)(=O)/N=C2/C=C(Sc3ncn[nH]3)C(=O)c3ccccc32)c1. The van der Waals surface area contributed by atoms with E-state index in [2.05, 4.69) is 19.6 Å². The predicted molar refractivity (Wildman–Crippen MR) is 111 cm³/mol. The van der Waals surface area contributed by atoms with Crippen molar-refractivity contribution in [2.45, 2.75) is 23.9 Å². The summed E-state index contributed by atoms with van der Waals surface area (Å²) in [6.45, 7) is 3.55. The van der Waals surface area contributed by atoms with Crippen molar-refractivity contribution in [2.75, 3.05) is 0 Å². The molecule has 0 saturated carbocycles. The van der Waals surface area contributed by atoms with Crippen LogP contribution in [0.3, 0.4) is 0 Å². The second-order valence-corrected chi connectivity index (χ2v) is 9.10.